The first-order valence-electron chi connectivity index (χ1n) is 6.08. The number of nitrogens with zero attached hydrogens (tertiary/aromatic N) is 1. The number of carbonyl (C=O) groups excluding carboxylic acids is 1. The Morgan fingerprint density at radius 2 is 2.33 bits per heavy atom. The van der Waals surface area contributed by atoms with Crippen LogP contribution in [0.2, 0.25) is 0 Å². The fraction of sp³-hybridized carbons (Fsp3) is 0.500. The number of nitrogens with two attached hydrogens (primary N) is 1. The van der Waals surface area contributed by atoms with Gasteiger partial charge in [-0.15, -0.1) is 0 Å². The molecule has 6 nitrogen and oxygen atoms in total. The molecule has 1 amide bonds. The van der Waals surface area contributed by atoms with Crippen LogP contribution in [0.15, 0.2) is 18.3 Å². The highest BCUT2D eigenvalue weighted by Crippen LogP contribution is 2.28. The minimum absolute atomic E-state index is 0.152. The normalized spacial score (nSPS) is 14.3. The standard InChI is InChI=1S/C12H18N4O2/c13-16-11-4-3-10(7-15-11)12(17)14-5-6-18-8-9-1-2-9/h3-4,7,9H,1-2,5-6,8,13H2,(H,14,17)(H,15,16). The first-order chi connectivity index (χ1) is 8.79. The molecule has 0 spiro atoms. The Morgan fingerprint density at radius 3 is 2.94 bits per heavy atom. The summed E-state index contributed by atoms with van der Waals surface area (Å²) in [4.78, 5) is 15.7. The minimum atomic E-state index is -0.152. The zero-order chi connectivity index (χ0) is 12.8. The lowest BCUT2D eigenvalue weighted by Crippen LogP contribution is -2.27. The lowest BCUT2D eigenvalue weighted by Gasteiger charge is -2.06. The Morgan fingerprint density at radius 1 is 1.50 bits per heavy atom. The maximum absolute atomic E-state index is 11.7. The number of pyridine rings is 1. The number of amides is 1. The smallest absolute Gasteiger partial charge is 0.252 e. The molecule has 0 aliphatic heterocycles. The van der Waals surface area contributed by atoms with Crippen molar-refractivity contribution in [3.63, 3.8) is 0 Å². The van der Waals surface area contributed by atoms with Crippen LogP contribution in [-0.4, -0.2) is 30.6 Å². The quantitative estimate of drug-likeness (QED) is 0.373. The molecule has 0 bridgehead atoms. The van der Waals surface area contributed by atoms with Gasteiger partial charge in [-0.2, -0.15) is 0 Å². The molecular formula is C12H18N4O2. The summed E-state index contributed by atoms with van der Waals surface area (Å²) in [5.74, 6) is 6.32. The van der Waals surface area contributed by atoms with Crippen LogP contribution in [0.5, 0.6) is 0 Å². The number of carbonyl (C=O) groups is 1. The third kappa shape index (κ3) is 3.97. The summed E-state index contributed by atoms with van der Waals surface area (Å²) in [6.45, 7) is 1.88. The molecule has 1 heterocycles. The molecule has 2 rings (SSSR count). The second-order valence-electron chi connectivity index (χ2n) is 4.35. The Kier molecular flexibility index (Phi) is 4.49. The number of hydrogen-bond acceptors (Lipinski definition) is 5. The van der Waals surface area contributed by atoms with Crippen molar-refractivity contribution < 1.29 is 9.53 Å². The van der Waals surface area contributed by atoms with Gasteiger partial charge < -0.3 is 15.5 Å². The summed E-state index contributed by atoms with van der Waals surface area (Å²) >= 11 is 0. The molecule has 4 N–H and O–H groups in total. The maximum atomic E-state index is 11.7. The molecule has 18 heavy (non-hydrogen) atoms. The van der Waals surface area contributed by atoms with E-state index in [1.54, 1.807) is 12.1 Å². The molecular weight excluding hydrogens is 232 g/mol. The molecule has 1 aliphatic carbocycles. The third-order valence-corrected chi connectivity index (χ3v) is 2.76. The van der Waals surface area contributed by atoms with Crippen LogP contribution in [0.25, 0.3) is 0 Å². The monoisotopic (exact) mass is 250 g/mol. The molecule has 98 valence electrons. The van der Waals surface area contributed by atoms with E-state index in [1.807, 2.05) is 0 Å². The zero-order valence-corrected chi connectivity index (χ0v) is 10.2. The molecule has 1 fully saturated rings. The van der Waals surface area contributed by atoms with Crippen LogP contribution in [0.1, 0.15) is 23.2 Å². The van der Waals surface area contributed by atoms with Crippen LogP contribution < -0.4 is 16.6 Å². The van der Waals surface area contributed by atoms with Crippen molar-refractivity contribution >= 4 is 11.7 Å². The van der Waals surface area contributed by atoms with Crippen molar-refractivity contribution in [2.24, 2.45) is 11.8 Å². The summed E-state index contributed by atoms with van der Waals surface area (Å²) in [5, 5.41) is 2.77. The molecule has 0 unspecified atom stereocenters. The van der Waals surface area contributed by atoms with E-state index in [0.29, 0.717) is 24.5 Å². The summed E-state index contributed by atoms with van der Waals surface area (Å²) in [5.41, 5.74) is 2.92. The van der Waals surface area contributed by atoms with Gasteiger partial charge in [-0.25, -0.2) is 10.8 Å². The topological polar surface area (TPSA) is 89.3 Å². The van der Waals surface area contributed by atoms with Gasteiger partial charge in [0.05, 0.1) is 12.2 Å². The van der Waals surface area contributed by atoms with E-state index in [0.717, 1.165) is 12.5 Å². The Hall–Kier alpha value is -1.66. The second kappa shape index (κ2) is 6.32. The van der Waals surface area contributed by atoms with Gasteiger partial charge in [0.1, 0.15) is 5.82 Å². The molecule has 0 atom stereocenters. The molecule has 0 saturated heterocycles. The van der Waals surface area contributed by atoms with Crippen LogP contribution in [0.4, 0.5) is 5.82 Å². The van der Waals surface area contributed by atoms with Gasteiger partial charge in [0.25, 0.3) is 5.91 Å². The Bertz CT molecular complexity index is 390. The van der Waals surface area contributed by atoms with E-state index in [-0.39, 0.29) is 5.91 Å². The molecule has 0 radical (unpaired) electrons. The van der Waals surface area contributed by atoms with E-state index in [4.69, 9.17) is 10.6 Å². The fourth-order valence-corrected chi connectivity index (χ4v) is 1.49. The number of hydrazine groups is 1. The van der Waals surface area contributed by atoms with Crippen molar-refractivity contribution in [3.8, 4) is 0 Å². The van der Waals surface area contributed by atoms with Gasteiger partial charge in [0, 0.05) is 19.3 Å². The second-order valence-corrected chi connectivity index (χ2v) is 4.35. The van der Waals surface area contributed by atoms with Crippen molar-refractivity contribution in [1.82, 2.24) is 10.3 Å². The summed E-state index contributed by atoms with van der Waals surface area (Å²) < 4.78 is 5.42. The number of nitrogens with one attached hydrogen (secondary N) is 2. The van der Waals surface area contributed by atoms with Crippen LogP contribution in [0, 0.1) is 5.92 Å². The minimum Gasteiger partial charge on any atom is -0.379 e. The number of rotatable bonds is 7. The van der Waals surface area contributed by atoms with Crippen molar-refractivity contribution in [2.75, 3.05) is 25.2 Å². The third-order valence-electron chi connectivity index (χ3n) is 2.76. The van der Waals surface area contributed by atoms with Crippen LogP contribution in [0.3, 0.4) is 0 Å². The largest absolute Gasteiger partial charge is 0.379 e. The van der Waals surface area contributed by atoms with Crippen molar-refractivity contribution in [3.05, 3.63) is 23.9 Å². The van der Waals surface area contributed by atoms with E-state index < -0.39 is 0 Å². The summed E-state index contributed by atoms with van der Waals surface area (Å²) in [6, 6.07) is 3.32. The van der Waals surface area contributed by atoms with Gasteiger partial charge in [-0.05, 0) is 30.9 Å². The molecule has 1 aliphatic rings. The highest BCUT2D eigenvalue weighted by Gasteiger charge is 2.20. The van der Waals surface area contributed by atoms with Crippen LogP contribution in [-0.2, 0) is 4.74 Å². The lowest BCUT2D eigenvalue weighted by molar-refractivity contribution is 0.0906. The summed E-state index contributed by atoms with van der Waals surface area (Å²) in [7, 11) is 0. The van der Waals surface area contributed by atoms with Gasteiger partial charge in [0.2, 0.25) is 0 Å². The number of anilines is 1. The van der Waals surface area contributed by atoms with Gasteiger partial charge in [0.15, 0.2) is 0 Å². The Balaban J connectivity index is 1.65. The average molecular weight is 250 g/mol. The predicted molar refractivity (Wildman–Crippen MR) is 67.9 cm³/mol. The van der Waals surface area contributed by atoms with E-state index in [9.17, 15) is 4.79 Å². The maximum Gasteiger partial charge on any atom is 0.252 e. The molecule has 1 aromatic heterocycles. The van der Waals surface area contributed by atoms with Gasteiger partial charge >= 0.3 is 0 Å². The van der Waals surface area contributed by atoms with Crippen molar-refractivity contribution in [1.29, 1.82) is 0 Å². The van der Waals surface area contributed by atoms with Gasteiger partial charge in [-0.1, -0.05) is 0 Å². The Labute approximate surface area is 106 Å². The molecule has 6 heteroatoms. The zero-order valence-electron chi connectivity index (χ0n) is 10.2. The van der Waals surface area contributed by atoms with E-state index >= 15 is 0 Å². The summed E-state index contributed by atoms with van der Waals surface area (Å²) in [6.07, 6.45) is 4.04. The number of ether oxygens (including phenoxy) is 1. The first kappa shape index (κ1) is 12.8. The van der Waals surface area contributed by atoms with E-state index in [1.165, 1.54) is 19.0 Å². The lowest BCUT2D eigenvalue weighted by atomic mass is 10.2. The molecule has 1 aromatic rings. The number of aromatic nitrogens is 1. The molecule has 0 aromatic carbocycles. The fourth-order valence-electron chi connectivity index (χ4n) is 1.49. The average Bonchev–Trinajstić information content (AvgIpc) is 3.22. The number of nitrogen functional groups attached to an aromatic ring is 1. The number of hydrogen-bond donors (Lipinski definition) is 3. The highest BCUT2D eigenvalue weighted by molar-refractivity contribution is 5.93. The van der Waals surface area contributed by atoms with Gasteiger partial charge in [-0.3, -0.25) is 4.79 Å². The SMILES string of the molecule is NNc1ccc(C(=O)NCCOCC2CC2)cn1. The van der Waals surface area contributed by atoms with Crippen molar-refractivity contribution in [2.45, 2.75) is 12.8 Å². The predicted octanol–water partition coefficient (Wildman–Crippen LogP) is 0.524. The first-order valence-corrected chi connectivity index (χ1v) is 6.08. The molecule has 1 saturated carbocycles. The van der Waals surface area contributed by atoms with Crippen LogP contribution >= 0.6 is 0 Å². The van der Waals surface area contributed by atoms with E-state index in [2.05, 4.69) is 15.7 Å². The highest BCUT2D eigenvalue weighted by atomic mass is 16.5.